The van der Waals surface area contributed by atoms with Gasteiger partial charge in [-0.1, -0.05) is 0 Å². The molecule has 2 aromatic rings. The summed E-state index contributed by atoms with van der Waals surface area (Å²) in [5.41, 5.74) is 1.51. The van der Waals surface area contributed by atoms with Gasteiger partial charge in [-0.3, -0.25) is 4.79 Å². The third-order valence-corrected chi connectivity index (χ3v) is 4.67. The molecule has 3 heterocycles. The number of hydrogen-bond donors (Lipinski definition) is 0. The van der Waals surface area contributed by atoms with Gasteiger partial charge in [-0.15, -0.1) is 0 Å². The summed E-state index contributed by atoms with van der Waals surface area (Å²) >= 11 is 0. The predicted molar refractivity (Wildman–Crippen MR) is 84.1 cm³/mol. The third-order valence-electron chi connectivity index (χ3n) is 4.67. The smallest absolute Gasteiger partial charge is 0.245 e. The van der Waals surface area contributed by atoms with Crippen molar-refractivity contribution in [1.29, 1.82) is 0 Å². The summed E-state index contributed by atoms with van der Waals surface area (Å²) in [4.78, 5) is 27.2. The Morgan fingerprint density at radius 3 is 2.91 bits per heavy atom. The number of hydrogen-bond acceptors (Lipinski definition) is 5. The second kappa shape index (κ2) is 5.47. The van der Waals surface area contributed by atoms with Crippen LogP contribution in [-0.4, -0.2) is 49.5 Å². The fraction of sp³-hybridized carbons (Fsp3) is 0.625. The number of imidazole rings is 1. The molecule has 1 unspecified atom stereocenters. The van der Waals surface area contributed by atoms with Crippen LogP contribution < -0.4 is 4.74 Å². The van der Waals surface area contributed by atoms with Crippen LogP contribution in [0.25, 0.3) is 11.2 Å². The summed E-state index contributed by atoms with van der Waals surface area (Å²) in [5.74, 6) is 1.98. The normalized spacial score (nSPS) is 21.1. The number of carbonyl (C=O) groups is 1. The second-order valence-corrected chi connectivity index (χ2v) is 6.34. The lowest BCUT2D eigenvalue weighted by molar-refractivity contribution is -0.131. The zero-order chi connectivity index (χ0) is 16.0. The standard InChI is InChI=1S/C16H21N5O2/c1-3-21-10(2)19-13-14(21)17-9-18-15(13)23-12-6-7-20(8-12)16(22)11-4-5-11/h9,11-12H,3-8H2,1-2H3. The molecule has 2 aliphatic rings. The van der Waals surface area contributed by atoms with E-state index in [-0.39, 0.29) is 17.9 Å². The lowest BCUT2D eigenvalue weighted by Crippen LogP contribution is -2.32. The van der Waals surface area contributed by atoms with E-state index in [4.69, 9.17) is 4.74 Å². The lowest BCUT2D eigenvalue weighted by Gasteiger charge is -2.16. The number of aromatic nitrogens is 4. The van der Waals surface area contributed by atoms with Crippen LogP contribution in [0, 0.1) is 12.8 Å². The molecule has 1 saturated carbocycles. The summed E-state index contributed by atoms with van der Waals surface area (Å²) < 4.78 is 8.10. The van der Waals surface area contributed by atoms with Gasteiger partial charge in [0.05, 0.1) is 6.54 Å². The zero-order valence-electron chi connectivity index (χ0n) is 13.5. The minimum Gasteiger partial charge on any atom is -0.471 e. The molecule has 122 valence electrons. The molecule has 0 N–H and O–H groups in total. The highest BCUT2D eigenvalue weighted by molar-refractivity contribution is 5.81. The van der Waals surface area contributed by atoms with Gasteiger partial charge in [-0.05, 0) is 26.7 Å². The minimum atomic E-state index is -0.0112. The largest absolute Gasteiger partial charge is 0.471 e. The van der Waals surface area contributed by atoms with E-state index in [0.717, 1.165) is 43.8 Å². The Labute approximate surface area is 134 Å². The number of rotatable bonds is 4. The molecule has 4 rings (SSSR count). The lowest BCUT2D eigenvalue weighted by atomic mass is 10.3. The van der Waals surface area contributed by atoms with Crippen LogP contribution in [0.3, 0.4) is 0 Å². The van der Waals surface area contributed by atoms with Crippen LogP contribution in [0.2, 0.25) is 0 Å². The predicted octanol–water partition coefficient (Wildman–Crippen LogP) is 1.54. The maximum absolute atomic E-state index is 12.1. The monoisotopic (exact) mass is 315 g/mol. The molecule has 1 aliphatic heterocycles. The molecule has 0 spiro atoms. The first-order valence-electron chi connectivity index (χ1n) is 8.30. The SMILES string of the molecule is CCn1c(C)nc2c(OC3CCN(C(=O)C4CC4)C3)ncnc21. The molecule has 2 fully saturated rings. The summed E-state index contributed by atoms with van der Waals surface area (Å²) in [5, 5.41) is 0. The van der Waals surface area contributed by atoms with Gasteiger partial charge in [0.2, 0.25) is 11.8 Å². The average Bonchev–Trinajstić information content (AvgIpc) is 3.20. The minimum absolute atomic E-state index is 0.0112. The molecule has 0 radical (unpaired) electrons. The number of ether oxygens (including phenoxy) is 1. The fourth-order valence-electron chi connectivity index (χ4n) is 3.26. The Bertz CT molecular complexity index is 752. The van der Waals surface area contributed by atoms with Crippen molar-refractivity contribution in [2.45, 2.75) is 45.8 Å². The first kappa shape index (κ1) is 14.4. The first-order chi connectivity index (χ1) is 11.2. The van der Waals surface area contributed by atoms with Crippen molar-refractivity contribution in [2.24, 2.45) is 5.92 Å². The highest BCUT2D eigenvalue weighted by atomic mass is 16.5. The van der Waals surface area contributed by atoms with E-state index in [2.05, 4.69) is 21.9 Å². The van der Waals surface area contributed by atoms with Crippen LogP contribution in [0.15, 0.2) is 6.33 Å². The van der Waals surface area contributed by atoms with Crippen LogP contribution in [0.4, 0.5) is 0 Å². The summed E-state index contributed by atoms with van der Waals surface area (Å²) in [6, 6.07) is 0. The molecule has 1 saturated heterocycles. The molecular weight excluding hydrogens is 294 g/mol. The summed E-state index contributed by atoms with van der Waals surface area (Å²) in [7, 11) is 0. The maximum atomic E-state index is 12.1. The van der Waals surface area contributed by atoms with Crippen molar-refractivity contribution >= 4 is 17.1 Å². The number of fused-ring (bicyclic) bond motifs is 1. The Hall–Kier alpha value is -2.18. The maximum Gasteiger partial charge on any atom is 0.245 e. The van der Waals surface area contributed by atoms with E-state index < -0.39 is 0 Å². The van der Waals surface area contributed by atoms with Gasteiger partial charge in [0, 0.05) is 25.4 Å². The molecule has 23 heavy (non-hydrogen) atoms. The Morgan fingerprint density at radius 2 is 2.17 bits per heavy atom. The number of nitrogens with zero attached hydrogens (tertiary/aromatic N) is 5. The highest BCUT2D eigenvalue weighted by Gasteiger charge is 2.37. The van der Waals surface area contributed by atoms with Crippen LogP contribution in [0.5, 0.6) is 5.88 Å². The Kier molecular flexibility index (Phi) is 3.43. The van der Waals surface area contributed by atoms with Gasteiger partial charge in [-0.2, -0.15) is 4.98 Å². The Morgan fingerprint density at radius 1 is 1.35 bits per heavy atom. The topological polar surface area (TPSA) is 73.1 Å². The number of carbonyl (C=O) groups excluding carboxylic acids is 1. The van der Waals surface area contributed by atoms with Crippen LogP contribution >= 0.6 is 0 Å². The van der Waals surface area contributed by atoms with Gasteiger partial charge in [0.15, 0.2) is 11.2 Å². The molecule has 0 aromatic carbocycles. The van der Waals surface area contributed by atoms with E-state index in [1.165, 1.54) is 6.33 Å². The van der Waals surface area contributed by atoms with Crippen molar-refractivity contribution in [3.8, 4) is 5.88 Å². The first-order valence-corrected chi connectivity index (χ1v) is 8.30. The third kappa shape index (κ3) is 2.54. The number of amides is 1. The summed E-state index contributed by atoms with van der Waals surface area (Å²) in [6.07, 6.45) is 4.44. The molecule has 2 aromatic heterocycles. The van der Waals surface area contributed by atoms with Crippen molar-refractivity contribution in [2.75, 3.05) is 13.1 Å². The second-order valence-electron chi connectivity index (χ2n) is 6.34. The molecule has 1 aliphatic carbocycles. The molecule has 0 bridgehead atoms. The van der Waals surface area contributed by atoms with Gasteiger partial charge in [-0.25, -0.2) is 9.97 Å². The molecule has 7 nitrogen and oxygen atoms in total. The highest BCUT2D eigenvalue weighted by Crippen LogP contribution is 2.32. The van der Waals surface area contributed by atoms with Crippen molar-refractivity contribution in [3.63, 3.8) is 0 Å². The van der Waals surface area contributed by atoms with Gasteiger partial charge in [0.1, 0.15) is 18.3 Å². The van der Waals surface area contributed by atoms with Crippen LogP contribution in [-0.2, 0) is 11.3 Å². The average molecular weight is 315 g/mol. The van der Waals surface area contributed by atoms with Gasteiger partial charge in [0.25, 0.3) is 0 Å². The van der Waals surface area contributed by atoms with E-state index in [1.54, 1.807) is 0 Å². The van der Waals surface area contributed by atoms with Crippen molar-refractivity contribution in [3.05, 3.63) is 12.2 Å². The van der Waals surface area contributed by atoms with E-state index >= 15 is 0 Å². The van der Waals surface area contributed by atoms with Crippen LogP contribution in [0.1, 0.15) is 32.0 Å². The van der Waals surface area contributed by atoms with Gasteiger partial charge >= 0.3 is 0 Å². The van der Waals surface area contributed by atoms with Gasteiger partial charge < -0.3 is 14.2 Å². The molecule has 1 amide bonds. The number of likely N-dealkylation sites (tertiary alicyclic amines) is 1. The molecule has 7 heteroatoms. The molecular formula is C16H21N5O2. The van der Waals surface area contributed by atoms with E-state index in [1.807, 2.05) is 16.4 Å². The van der Waals surface area contributed by atoms with Crippen molar-refractivity contribution in [1.82, 2.24) is 24.4 Å². The number of aryl methyl sites for hydroxylation is 2. The zero-order valence-corrected chi connectivity index (χ0v) is 13.5. The van der Waals surface area contributed by atoms with Crippen molar-refractivity contribution < 1.29 is 9.53 Å². The molecule has 1 atom stereocenters. The van der Waals surface area contributed by atoms with E-state index in [9.17, 15) is 4.79 Å². The van der Waals surface area contributed by atoms with E-state index in [0.29, 0.717) is 17.9 Å². The quantitative estimate of drug-likeness (QED) is 0.856. The Balaban J connectivity index is 1.53. The fourth-order valence-corrected chi connectivity index (χ4v) is 3.26. The summed E-state index contributed by atoms with van der Waals surface area (Å²) in [6.45, 7) is 6.26.